The zero-order valence-electron chi connectivity index (χ0n) is 20.4. The first kappa shape index (κ1) is 26.1. The van der Waals surface area contributed by atoms with Gasteiger partial charge in [0.2, 0.25) is 0 Å². The number of anilines is 1. The van der Waals surface area contributed by atoms with Crippen LogP contribution in [0.25, 0.3) is 11.0 Å². The minimum absolute atomic E-state index is 0.0762. The summed E-state index contributed by atoms with van der Waals surface area (Å²) >= 11 is 0. The van der Waals surface area contributed by atoms with Gasteiger partial charge in [-0.25, -0.2) is 9.18 Å². The quantitative estimate of drug-likeness (QED) is 0.229. The lowest BCUT2D eigenvalue weighted by Crippen LogP contribution is -2.36. The fourth-order valence-corrected chi connectivity index (χ4v) is 3.60. The van der Waals surface area contributed by atoms with Crippen LogP contribution in [0.1, 0.15) is 38.0 Å². The van der Waals surface area contributed by atoms with Crippen molar-refractivity contribution in [2.75, 3.05) is 25.0 Å². The molecular formula is C28H24FN3O6. The van der Waals surface area contributed by atoms with Crippen molar-refractivity contribution in [3.8, 4) is 5.75 Å². The van der Waals surface area contributed by atoms with Crippen LogP contribution in [0.5, 0.6) is 5.75 Å². The number of para-hydroxylation sites is 1. The van der Waals surface area contributed by atoms with Gasteiger partial charge in [-0.3, -0.25) is 14.4 Å². The number of hydrogen-bond acceptors (Lipinski definition) is 6. The van der Waals surface area contributed by atoms with Crippen molar-refractivity contribution < 1.29 is 27.9 Å². The van der Waals surface area contributed by atoms with Gasteiger partial charge in [0.15, 0.2) is 11.3 Å². The van der Waals surface area contributed by atoms with Gasteiger partial charge in [0.1, 0.15) is 11.4 Å². The molecule has 10 heteroatoms. The summed E-state index contributed by atoms with van der Waals surface area (Å²) in [5, 5.41) is 8.47. The molecular weight excluding hydrogens is 493 g/mol. The van der Waals surface area contributed by atoms with Gasteiger partial charge < -0.3 is 25.1 Å². The molecule has 4 rings (SSSR count). The van der Waals surface area contributed by atoms with Gasteiger partial charge in [-0.05, 0) is 67.6 Å². The van der Waals surface area contributed by atoms with Crippen LogP contribution in [-0.2, 0) is 0 Å². The smallest absolute Gasteiger partial charge is 0.349 e. The molecule has 0 fully saturated rings. The van der Waals surface area contributed by atoms with Gasteiger partial charge in [0.25, 0.3) is 17.7 Å². The van der Waals surface area contributed by atoms with Crippen LogP contribution in [0.3, 0.4) is 0 Å². The molecule has 0 aliphatic heterocycles. The van der Waals surface area contributed by atoms with Crippen molar-refractivity contribution in [2.45, 2.75) is 6.92 Å². The van der Waals surface area contributed by atoms with E-state index in [9.17, 15) is 23.6 Å². The van der Waals surface area contributed by atoms with Gasteiger partial charge in [0, 0.05) is 35.3 Å². The van der Waals surface area contributed by atoms with Crippen LogP contribution in [0.2, 0.25) is 0 Å². The third-order valence-corrected chi connectivity index (χ3v) is 5.48. The molecule has 38 heavy (non-hydrogen) atoms. The number of hydrogen-bond donors (Lipinski definition) is 3. The van der Waals surface area contributed by atoms with Crippen molar-refractivity contribution in [1.82, 2.24) is 10.6 Å². The molecule has 4 aromatic rings. The molecule has 0 radical (unpaired) electrons. The highest BCUT2D eigenvalue weighted by molar-refractivity contribution is 6.04. The molecule has 0 spiro atoms. The van der Waals surface area contributed by atoms with Gasteiger partial charge in [-0.1, -0.05) is 12.1 Å². The molecule has 0 bridgehead atoms. The number of nitrogens with one attached hydrogen (secondary N) is 3. The Bertz CT molecular complexity index is 1530. The van der Waals surface area contributed by atoms with E-state index in [1.807, 2.05) is 6.92 Å². The van der Waals surface area contributed by atoms with E-state index in [1.54, 1.807) is 30.3 Å². The maximum Gasteiger partial charge on any atom is 0.349 e. The summed E-state index contributed by atoms with van der Waals surface area (Å²) in [6.45, 7) is 2.40. The molecule has 0 atom stereocenters. The number of benzene rings is 3. The van der Waals surface area contributed by atoms with Crippen molar-refractivity contribution in [3.05, 3.63) is 106 Å². The topological polar surface area (TPSA) is 127 Å². The molecule has 9 nitrogen and oxygen atoms in total. The lowest BCUT2D eigenvalue weighted by molar-refractivity contribution is 0.0925. The van der Waals surface area contributed by atoms with Gasteiger partial charge in [-0.15, -0.1) is 0 Å². The average Bonchev–Trinajstić information content (AvgIpc) is 2.92. The number of carbonyl (C=O) groups is 3. The number of fused-ring (bicyclic) bond motifs is 1. The molecule has 194 valence electrons. The first-order valence-corrected chi connectivity index (χ1v) is 11.8. The first-order chi connectivity index (χ1) is 18.4. The first-order valence-electron chi connectivity index (χ1n) is 11.8. The molecule has 0 unspecified atom stereocenters. The third-order valence-electron chi connectivity index (χ3n) is 5.48. The monoisotopic (exact) mass is 517 g/mol. The maximum atomic E-state index is 13.0. The summed E-state index contributed by atoms with van der Waals surface area (Å²) in [5.74, 6) is -1.44. The van der Waals surface area contributed by atoms with E-state index in [-0.39, 0.29) is 30.1 Å². The van der Waals surface area contributed by atoms with Crippen LogP contribution in [-0.4, -0.2) is 37.4 Å². The van der Waals surface area contributed by atoms with Gasteiger partial charge in [0.05, 0.1) is 6.61 Å². The molecule has 3 amide bonds. The van der Waals surface area contributed by atoms with Crippen molar-refractivity contribution >= 4 is 34.4 Å². The van der Waals surface area contributed by atoms with Crippen LogP contribution >= 0.6 is 0 Å². The predicted molar refractivity (Wildman–Crippen MR) is 139 cm³/mol. The Morgan fingerprint density at radius 3 is 2.16 bits per heavy atom. The molecule has 0 aliphatic carbocycles. The number of rotatable bonds is 9. The van der Waals surface area contributed by atoms with Crippen molar-refractivity contribution in [3.63, 3.8) is 0 Å². The lowest BCUT2D eigenvalue weighted by atomic mass is 10.1. The van der Waals surface area contributed by atoms with Gasteiger partial charge >= 0.3 is 5.63 Å². The number of amides is 3. The third kappa shape index (κ3) is 6.22. The van der Waals surface area contributed by atoms with Crippen LogP contribution in [0.15, 0.2) is 82.0 Å². The Kier molecular flexibility index (Phi) is 8.12. The van der Waals surface area contributed by atoms with E-state index < -0.39 is 23.3 Å². The normalized spacial score (nSPS) is 10.6. The Balaban J connectivity index is 1.28. The summed E-state index contributed by atoms with van der Waals surface area (Å²) in [6.07, 6.45) is 0. The molecule has 0 aliphatic rings. The standard InChI is InChI=1S/C28H24FN3O6/c1-2-37-23-5-3-4-19-16-22(28(36)38-24(19)23)27(35)31-15-14-30-25(33)17-8-12-21(13-9-17)32-26(34)18-6-10-20(29)11-7-18/h3-13,16H,2,14-15H2,1H3,(H,30,33)(H,31,35)(H,32,34). The highest BCUT2D eigenvalue weighted by atomic mass is 19.1. The molecule has 0 saturated carbocycles. The maximum absolute atomic E-state index is 13.0. The Morgan fingerprint density at radius 1 is 0.842 bits per heavy atom. The molecule has 3 N–H and O–H groups in total. The number of halogens is 1. The average molecular weight is 518 g/mol. The fraction of sp³-hybridized carbons (Fsp3) is 0.143. The largest absolute Gasteiger partial charge is 0.490 e. The van der Waals surface area contributed by atoms with Gasteiger partial charge in [-0.2, -0.15) is 0 Å². The van der Waals surface area contributed by atoms with Crippen LogP contribution in [0.4, 0.5) is 10.1 Å². The highest BCUT2D eigenvalue weighted by Gasteiger charge is 2.16. The van der Waals surface area contributed by atoms with Crippen molar-refractivity contribution in [1.29, 1.82) is 0 Å². The SMILES string of the molecule is CCOc1cccc2cc(C(=O)NCCNC(=O)c3ccc(NC(=O)c4ccc(F)cc4)cc3)c(=O)oc12. The Hall–Kier alpha value is -4.99. The van der Waals surface area contributed by atoms with E-state index in [4.69, 9.17) is 9.15 Å². The summed E-state index contributed by atoms with van der Waals surface area (Å²) in [4.78, 5) is 49.5. The molecule has 0 saturated heterocycles. The summed E-state index contributed by atoms with van der Waals surface area (Å²) in [5.41, 5.74) is 0.423. The molecule has 1 aromatic heterocycles. The van der Waals surface area contributed by atoms with E-state index in [0.29, 0.717) is 34.6 Å². The van der Waals surface area contributed by atoms with Crippen LogP contribution in [0, 0.1) is 5.82 Å². The summed E-state index contributed by atoms with van der Waals surface area (Å²) in [6, 6.07) is 17.9. The zero-order valence-corrected chi connectivity index (χ0v) is 20.4. The lowest BCUT2D eigenvalue weighted by Gasteiger charge is -2.09. The fourth-order valence-electron chi connectivity index (χ4n) is 3.60. The van der Waals surface area contributed by atoms with Crippen LogP contribution < -0.4 is 26.3 Å². The number of carbonyl (C=O) groups excluding carboxylic acids is 3. The second kappa shape index (κ2) is 11.8. The highest BCUT2D eigenvalue weighted by Crippen LogP contribution is 2.24. The van der Waals surface area contributed by atoms with E-state index in [2.05, 4.69) is 16.0 Å². The van der Waals surface area contributed by atoms with E-state index in [0.717, 1.165) is 0 Å². The minimum Gasteiger partial charge on any atom is -0.490 e. The predicted octanol–water partition coefficient (Wildman–Crippen LogP) is 3.74. The Morgan fingerprint density at radius 2 is 1.47 bits per heavy atom. The molecule has 1 heterocycles. The van der Waals surface area contributed by atoms with E-state index in [1.165, 1.54) is 42.5 Å². The Labute approximate surface area is 216 Å². The van der Waals surface area contributed by atoms with Crippen molar-refractivity contribution in [2.24, 2.45) is 0 Å². The summed E-state index contributed by atoms with van der Waals surface area (Å²) in [7, 11) is 0. The number of ether oxygens (including phenoxy) is 1. The molecule has 3 aromatic carbocycles. The second-order valence-electron chi connectivity index (χ2n) is 8.11. The second-order valence-corrected chi connectivity index (χ2v) is 8.11. The van der Waals surface area contributed by atoms with E-state index >= 15 is 0 Å². The minimum atomic E-state index is -0.794. The zero-order chi connectivity index (χ0) is 27.1. The summed E-state index contributed by atoms with van der Waals surface area (Å²) < 4.78 is 23.8.